The van der Waals surface area contributed by atoms with Crippen molar-refractivity contribution in [2.24, 2.45) is 11.7 Å². The third-order valence-corrected chi connectivity index (χ3v) is 6.22. The van der Waals surface area contributed by atoms with Crippen LogP contribution < -0.4 is 16.4 Å². The van der Waals surface area contributed by atoms with E-state index in [-0.39, 0.29) is 31.7 Å². The summed E-state index contributed by atoms with van der Waals surface area (Å²) in [5.41, 5.74) is 6.33. The fourth-order valence-corrected chi connectivity index (χ4v) is 3.92. The van der Waals surface area contributed by atoms with Crippen LogP contribution in [-0.2, 0) is 30.4 Å². The summed E-state index contributed by atoms with van der Waals surface area (Å²) >= 11 is 0. The van der Waals surface area contributed by atoms with Gasteiger partial charge in [0.2, 0.25) is 17.7 Å². The number of aliphatic carboxylic acids is 2. The number of nitrogens with one attached hydrogen (secondary N) is 3. The van der Waals surface area contributed by atoms with Crippen LogP contribution in [0.3, 0.4) is 0 Å². The Labute approximate surface area is 202 Å². The van der Waals surface area contributed by atoms with Crippen LogP contribution in [0.5, 0.6) is 0 Å². The highest BCUT2D eigenvalue weighted by molar-refractivity contribution is 5.94. The van der Waals surface area contributed by atoms with Crippen LogP contribution in [0, 0.1) is 5.92 Å². The van der Waals surface area contributed by atoms with Crippen molar-refractivity contribution in [3.63, 3.8) is 0 Å². The molecule has 2 heterocycles. The Hall–Kier alpha value is -3.48. The Morgan fingerprint density at radius 3 is 2.51 bits per heavy atom. The summed E-state index contributed by atoms with van der Waals surface area (Å²) in [7, 11) is 0. The first kappa shape index (κ1) is 27.8. The first-order chi connectivity index (χ1) is 16.5. The van der Waals surface area contributed by atoms with Crippen LogP contribution in [0.15, 0.2) is 12.5 Å². The van der Waals surface area contributed by atoms with Crippen molar-refractivity contribution < 1.29 is 34.2 Å². The minimum Gasteiger partial charge on any atom is -0.481 e. The first-order valence-corrected chi connectivity index (χ1v) is 11.6. The van der Waals surface area contributed by atoms with Gasteiger partial charge in [-0.1, -0.05) is 20.3 Å². The van der Waals surface area contributed by atoms with Gasteiger partial charge in [0.25, 0.3) is 0 Å². The SMILES string of the molecule is CCC(C)C(NC(=O)C(Cc1cnc[nH]1)NC(=O)C(N)CCC(=O)O)C(=O)N1CCCC1C(=O)O. The molecule has 13 heteroatoms. The molecule has 2 rings (SSSR count). The molecule has 1 aliphatic rings. The Balaban J connectivity index is 2.20. The molecule has 13 nitrogen and oxygen atoms in total. The monoisotopic (exact) mass is 494 g/mol. The molecule has 0 spiro atoms. The van der Waals surface area contributed by atoms with E-state index in [0.717, 1.165) is 0 Å². The van der Waals surface area contributed by atoms with Gasteiger partial charge in [0.15, 0.2) is 0 Å². The quantitative estimate of drug-likeness (QED) is 0.203. The standard InChI is InChI=1S/C22H34N6O7/c1-3-12(2)18(21(33)28-8-4-5-16(28)22(34)35)27-20(32)15(9-13-10-24-11-25-13)26-19(31)14(23)6-7-17(29)30/h10-12,14-16,18H,3-9,23H2,1-2H3,(H,24,25)(H,26,31)(H,27,32)(H,29,30)(H,34,35). The Bertz CT molecular complexity index is 906. The fourth-order valence-electron chi connectivity index (χ4n) is 3.92. The predicted molar refractivity (Wildman–Crippen MR) is 123 cm³/mol. The maximum atomic E-state index is 13.3. The van der Waals surface area contributed by atoms with Crippen LogP contribution in [0.2, 0.25) is 0 Å². The molecule has 5 atom stereocenters. The molecule has 7 N–H and O–H groups in total. The number of nitrogens with two attached hydrogens (primary N) is 1. The molecule has 0 bridgehead atoms. The molecule has 1 aromatic rings. The summed E-state index contributed by atoms with van der Waals surface area (Å²) in [6.45, 7) is 3.91. The molecule has 1 fully saturated rings. The van der Waals surface area contributed by atoms with Gasteiger partial charge >= 0.3 is 11.9 Å². The van der Waals surface area contributed by atoms with E-state index >= 15 is 0 Å². The van der Waals surface area contributed by atoms with Gasteiger partial charge in [-0.05, 0) is 25.2 Å². The number of nitrogens with zero attached hydrogens (tertiary/aromatic N) is 2. The molecular weight excluding hydrogens is 460 g/mol. The van der Waals surface area contributed by atoms with E-state index in [9.17, 15) is 29.1 Å². The van der Waals surface area contributed by atoms with Gasteiger partial charge in [-0.2, -0.15) is 0 Å². The molecule has 35 heavy (non-hydrogen) atoms. The molecule has 1 saturated heterocycles. The average Bonchev–Trinajstić information content (AvgIpc) is 3.51. The molecule has 0 aromatic carbocycles. The number of carboxylic acid groups (broad SMARTS) is 2. The van der Waals surface area contributed by atoms with Gasteiger partial charge in [-0.3, -0.25) is 19.2 Å². The molecular formula is C22H34N6O7. The maximum absolute atomic E-state index is 13.3. The Morgan fingerprint density at radius 2 is 1.94 bits per heavy atom. The summed E-state index contributed by atoms with van der Waals surface area (Å²) < 4.78 is 0. The smallest absolute Gasteiger partial charge is 0.326 e. The van der Waals surface area contributed by atoms with Crippen LogP contribution >= 0.6 is 0 Å². The summed E-state index contributed by atoms with van der Waals surface area (Å²) in [6, 6.07) is -4.21. The predicted octanol–water partition coefficient (Wildman–Crippen LogP) is -0.764. The number of rotatable bonds is 13. The zero-order valence-electron chi connectivity index (χ0n) is 19.9. The number of hydrogen-bond acceptors (Lipinski definition) is 7. The van der Waals surface area contributed by atoms with Gasteiger partial charge in [-0.25, -0.2) is 9.78 Å². The number of amides is 3. The normalized spacial score (nSPS) is 18.8. The fraction of sp³-hybridized carbons (Fsp3) is 0.636. The number of aromatic amines is 1. The number of hydrogen-bond donors (Lipinski definition) is 6. The molecule has 5 unspecified atom stereocenters. The number of likely N-dealkylation sites (tertiary alicyclic amines) is 1. The van der Waals surface area contributed by atoms with Crippen molar-refractivity contribution in [3.05, 3.63) is 18.2 Å². The largest absolute Gasteiger partial charge is 0.481 e. The van der Waals surface area contributed by atoms with Crippen LogP contribution in [0.1, 0.15) is 51.6 Å². The molecule has 194 valence electrons. The molecule has 1 aliphatic heterocycles. The van der Waals surface area contributed by atoms with Crippen molar-refractivity contribution in [2.45, 2.75) is 76.5 Å². The topological polar surface area (TPSA) is 208 Å². The average molecular weight is 495 g/mol. The number of imidazole rings is 1. The molecule has 0 aliphatic carbocycles. The molecule has 0 radical (unpaired) electrons. The van der Waals surface area contributed by atoms with Crippen molar-refractivity contribution in [1.82, 2.24) is 25.5 Å². The zero-order chi connectivity index (χ0) is 26.1. The van der Waals surface area contributed by atoms with E-state index < -0.39 is 53.8 Å². The van der Waals surface area contributed by atoms with E-state index in [1.807, 2.05) is 6.92 Å². The van der Waals surface area contributed by atoms with E-state index in [4.69, 9.17) is 10.8 Å². The second-order valence-electron chi connectivity index (χ2n) is 8.78. The first-order valence-electron chi connectivity index (χ1n) is 11.6. The lowest BCUT2D eigenvalue weighted by atomic mass is 9.96. The maximum Gasteiger partial charge on any atom is 0.326 e. The second-order valence-corrected chi connectivity index (χ2v) is 8.78. The minimum atomic E-state index is -1.14. The van der Waals surface area contributed by atoms with E-state index in [1.165, 1.54) is 17.4 Å². The molecule has 1 aromatic heterocycles. The zero-order valence-corrected chi connectivity index (χ0v) is 19.9. The molecule has 3 amide bonds. The van der Waals surface area contributed by atoms with Crippen molar-refractivity contribution >= 4 is 29.7 Å². The van der Waals surface area contributed by atoms with Gasteiger partial charge in [-0.15, -0.1) is 0 Å². The number of carbonyl (C=O) groups is 5. The van der Waals surface area contributed by atoms with Gasteiger partial charge in [0.05, 0.1) is 12.4 Å². The van der Waals surface area contributed by atoms with E-state index in [2.05, 4.69) is 20.6 Å². The van der Waals surface area contributed by atoms with Crippen LogP contribution in [-0.4, -0.2) is 85.5 Å². The highest BCUT2D eigenvalue weighted by Crippen LogP contribution is 2.21. The highest BCUT2D eigenvalue weighted by atomic mass is 16.4. The number of aromatic nitrogens is 2. The summed E-state index contributed by atoms with van der Waals surface area (Å²) in [5.74, 6) is -4.34. The Morgan fingerprint density at radius 1 is 1.23 bits per heavy atom. The lowest BCUT2D eigenvalue weighted by Crippen LogP contribution is -2.59. The Kier molecular flexibility index (Phi) is 10.2. The third-order valence-electron chi connectivity index (χ3n) is 6.22. The number of carboxylic acids is 2. The minimum absolute atomic E-state index is 0.0199. The third kappa shape index (κ3) is 7.77. The summed E-state index contributed by atoms with van der Waals surface area (Å²) in [6.07, 6.45) is 3.93. The summed E-state index contributed by atoms with van der Waals surface area (Å²) in [5, 5.41) is 23.5. The lowest BCUT2D eigenvalue weighted by Gasteiger charge is -2.31. The van der Waals surface area contributed by atoms with E-state index in [0.29, 0.717) is 25.0 Å². The van der Waals surface area contributed by atoms with Crippen molar-refractivity contribution in [1.29, 1.82) is 0 Å². The van der Waals surface area contributed by atoms with Gasteiger partial charge in [0.1, 0.15) is 18.1 Å². The van der Waals surface area contributed by atoms with Crippen LogP contribution in [0.4, 0.5) is 0 Å². The number of H-pyrrole nitrogens is 1. The van der Waals surface area contributed by atoms with Crippen molar-refractivity contribution in [3.8, 4) is 0 Å². The molecule has 0 saturated carbocycles. The highest BCUT2D eigenvalue weighted by Gasteiger charge is 2.40. The summed E-state index contributed by atoms with van der Waals surface area (Å²) in [4.78, 5) is 69.5. The van der Waals surface area contributed by atoms with Crippen LogP contribution in [0.25, 0.3) is 0 Å². The van der Waals surface area contributed by atoms with Gasteiger partial charge in [0, 0.05) is 31.3 Å². The lowest BCUT2D eigenvalue weighted by molar-refractivity contribution is -0.150. The van der Waals surface area contributed by atoms with Gasteiger partial charge < -0.3 is 36.5 Å². The van der Waals surface area contributed by atoms with E-state index in [1.54, 1.807) is 6.92 Å². The number of carbonyl (C=O) groups excluding carboxylic acids is 3. The van der Waals surface area contributed by atoms with Crippen molar-refractivity contribution in [2.75, 3.05) is 6.54 Å². The second kappa shape index (κ2) is 12.8.